The van der Waals surface area contributed by atoms with E-state index in [1.165, 1.54) is 0 Å². The largest absolute Gasteiger partial charge is 0.475 e. The minimum Gasteiger partial charge on any atom is -0.475 e. The highest BCUT2D eigenvalue weighted by Crippen LogP contribution is 2.24. The van der Waals surface area contributed by atoms with Gasteiger partial charge in [-0.05, 0) is 17.7 Å². The second kappa shape index (κ2) is 5.24. The van der Waals surface area contributed by atoms with E-state index in [9.17, 15) is 5.11 Å². The van der Waals surface area contributed by atoms with E-state index < -0.39 is 6.10 Å². The van der Waals surface area contributed by atoms with Crippen LogP contribution in [0.15, 0.2) is 65.7 Å². The number of ether oxygens (including phenoxy) is 1. The summed E-state index contributed by atoms with van der Waals surface area (Å²) in [5.74, 6) is 0.612. The van der Waals surface area contributed by atoms with Crippen LogP contribution in [-0.2, 0) is 4.74 Å². The maximum absolute atomic E-state index is 10.3. The molecule has 0 aliphatic carbocycles. The molecule has 0 fully saturated rings. The summed E-state index contributed by atoms with van der Waals surface area (Å²) < 4.78 is 5.58. The zero-order valence-corrected chi connectivity index (χ0v) is 10.4. The number of hydrogen-bond donors (Lipinski definition) is 1. The summed E-state index contributed by atoms with van der Waals surface area (Å²) in [7, 11) is 0. The van der Waals surface area contributed by atoms with Crippen LogP contribution in [0.25, 0.3) is 0 Å². The number of hydrogen-bond acceptors (Lipinski definition) is 3. The quantitative estimate of drug-likeness (QED) is 0.913. The molecule has 96 valence electrons. The van der Waals surface area contributed by atoms with Gasteiger partial charge in [-0.25, -0.2) is 4.99 Å². The van der Waals surface area contributed by atoms with Gasteiger partial charge < -0.3 is 9.84 Å². The topological polar surface area (TPSA) is 41.8 Å². The van der Waals surface area contributed by atoms with E-state index in [1.54, 1.807) is 0 Å². The molecule has 0 bridgehead atoms. The zero-order chi connectivity index (χ0) is 13.1. The molecule has 1 heterocycles. The molecule has 2 aromatic carbocycles. The first kappa shape index (κ1) is 11.9. The van der Waals surface area contributed by atoms with Crippen LogP contribution in [0.4, 0.5) is 0 Å². The fourth-order valence-corrected chi connectivity index (χ4v) is 2.16. The molecule has 3 nitrogen and oxygen atoms in total. The van der Waals surface area contributed by atoms with E-state index in [0.29, 0.717) is 12.5 Å². The molecule has 1 aliphatic heterocycles. The third kappa shape index (κ3) is 2.51. The van der Waals surface area contributed by atoms with Crippen molar-refractivity contribution >= 4 is 5.90 Å². The Balaban J connectivity index is 1.80. The molecule has 0 unspecified atom stereocenters. The van der Waals surface area contributed by atoms with Gasteiger partial charge in [0.1, 0.15) is 18.8 Å². The molecule has 1 N–H and O–H groups in total. The van der Waals surface area contributed by atoms with Crippen LogP contribution in [0, 0.1) is 0 Å². The van der Waals surface area contributed by atoms with E-state index in [4.69, 9.17) is 4.74 Å². The lowest BCUT2D eigenvalue weighted by Crippen LogP contribution is -2.17. The fraction of sp³-hybridized carbons (Fsp3) is 0.188. The van der Waals surface area contributed by atoms with Crippen molar-refractivity contribution in [3.8, 4) is 0 Å². The predicted octanol–water partition coefficient (Wildman–Crippen LogP) is 2.57. The lowest BCUT2D eigenvalue weighted by molar-refractivity contribution is 0.130. The van der Waals surface area contributed by atoms with E-state index in [2.05, 4.69) is 4.99 Å². The molecule has 0 saturated carbocycles. The Hall–Kier alpha value is -2.13. The number of aliphatic hydroxyl groups is 1. The van der Waals surface area contributed by atoms with Gasteiger partial charge in [0.15, 0.2) is 0 Å². The summed E-state index contributed by atoms with van der Waals surface area (Å²) in [5.41, 5.74) is 1.82. The number of rotatable bonds is 3. The molecule has 1 aliphatic rings. The molecule has 3 heteroatoms. The zero-order valence-electron chi connectivity index (χ0n) is 10.4. The third-order valence-corrected chi connectivity index (χ3v) is 3.20. The monoisotopic (exact) mass is 253 g/mol. The van der Waals surface area contributed by atoms with Gasteiger partial charge in [-0.15, -0.1) is 0 Å². The average Bonchev–Trinajstić information content (AvgIpc) is 2.98. The number of aliphatic imine (C=N–C) groups is 1. The number of aliphatic hydroxyl groups excluding tert-OH is 1. The molecule has 0 saturated heterocycles. The number of benzene rings is 2. The lowest BCUT2D eigenvalue weighted by Gasteiger charge is -2.13. The number of nitrogens with zero attached hydrogens (tertiary/aromatic N) is 1. The summed E-state index contributed by atoms with van der Waals surface area (Å²) in [4.78, 5) is 4.48. The first-order valence-electron chi connectivity index (χ1n) is 6.33. The van der Waals surface area contributed by atoms with Crippen LogP contribution in [0.5, 0.6) is 0 Å². The third-order valence-electron chi connectivity index (χ3n) is 3.20. The Morgan fingerprint density at radius 3 is 2.32 bits per heavy atom. The normalized spacial score (nSPS) is 19.6. The second-order valence-corrected chi connectivity index (χ2v) is 4.53. The van der Waals surface area contributed by atoms with Crippen LogP contribution >= 0.6 is 0 Å². The van der Waals surface area contributed by atoms with Crippen LogP contribution in [-0.4, -0.2) is 23.7 Å². The van der Waals surface area contributed by atoms with Gasteiger partial charge >= 0.3 is 0 Å². The molecule has 3 rings (SSSR count). The maximum Gasteiger partial charge on any atom is 0.216 e. The maximum atomic E-state index is 10.3. The van der Waals surface area contributed by atoms with Crippen molar-refractivity contribution in [3.63, 3.8) is 0 Å². The van der Waals surface area contributed by atoms with Crippen molar-refractivity contribution in [2.75, 3.05) is 6.61 Å². The van der Waals surface area contributed by atoms with E-state index in [-0.39, 0.29) is 6.04 Å². The fourth-order valence-electron chi connectivity index (χ4n) is 2.16. The standard InChI is InChI=1S/C16H15NO2/c18-15(12-7-3-1-4-8-12)14-11-19-16(17-14)13-9-5-2-6-10-13/h1-10,14-15,18H,11H2/t14-,15+/m0/s1. The van der Waals surface area contributed by atoms with Gasteiger partial charge in [0, 0.05) is 5.56 Å². The molecule has 0 aromatic heterocycles. The molecular formula is C16H15NO2. The van der Waals surface area contributed by atoms with E-state index in [0.717, 1.165) is 11.1 Å². The lowest BCUT2D eigenvalue weighted by atomic mass is 10.0. The van der Waals surface area contributed by atoms with Gasteiger partial charge in [-0.1, -0.05) is 48.5 Å². The minimum absolute atomic E-state index is 0.238. The van der Waals surface area contributed by atoms with Crippen LogP contribution in [0.3, 0.4) is 0 Å². The Labute approximate surface area is 112 Å². The van der Waals surface area contributed by atoms with Gasteiger partial charge in [0.05, 0.1) is 0 Å². The summed E-state index contributed by atoms with van der Waals surface area (Å²) >= 11 is 0. The van der Waals surface area contributed by atoms with E-state index in [1.807, 2.05) is 60.7 Å². The van der Waals surface area contributed by atoms with Crippen molar-refractivity contribution < 1.29 is 9.84 Å². The highest BCUT2D eigenvalue weighted by Gasteiger charge is 2.27. The summed E-state index contributed by atoms with van der Waals surface area (Å²) in [5, 5.41) is 10.3. The molecule has 0 amide bonds. The van der Waals surface area contributed by atoms with Gasteiger partial charge in [0.25, 0.3) is 0 Å². The summed E-state index contributed by atoms with van der Waals surface area (Å²) in [6, 6.07) is 19.1. The van der Waals surface area contributed by atoms with Gasteiger partial charge in [-0.2, -0.15) is 0 Å². The smallest absolute Gasteiger partial charge is 0.216 e. The first-order chi connectivity index (χ1) is 9.34. The van der Waals surface area contributed by atoms with Crippen molar-refractivity contribution in [1.29, 1.82) is 0 Å². The van der Waals surface area contributed by atoms with E-state index >= 15 is 0 Å². The van der Waals surface area contributed by atoms with Crippen molar-refractivity contribution in [3.05, 3.63) is 71.8 Å². The molecule has 0 spiro atoms. The van der Waals surface area contributed by atoms with Crippen molar-refractivity contribution in [2.24, 2.45) is 4.99 Å². The summed E-state index contributed by atoms with van der Waals surface area (Å²) in [6.45, 7) is 0.417. The SMILES string of the molecule is O[C@H](c1ccccc1)[C@@H]1COC(c2ccccc2)=N1. The van der Waals surface area contributed by atoms with Gasteiger partial charge in [0.2, 0.25) is 5.90 Å². The second-order valence-electron chi connectivity index (χ2n) is 4.53. The molecule has 2 atom stereocenters. The minimum atomic E-state index is -0.623. The molecular weight excluding hydrogens is 238 g/mol. The Morgan fingerprint density at radius 2 is 1.63 bits per heavy atom. The van der Waals surface area contributed by atoms with Crippen molar-refractivity contribution in [2.45, 2.75) is 12.1 Å². The Morgan fingerprint density at radius 1 is 1.00 bits per heavy atom. The van der Waals surface area contributed by atoms with Crippen molar-refractivity contribution in [1.82, 2.24) is 0 Å². The predicted molar refractivity (Wildman–Crippen MR) is 74.1 cm³/mol. The van der Waals surface area contributed by atoms with Crippen LogP contribution < -0.4 is 0 Å². The Bertz CT molecular complexity index is 566. The molecule has 19 heavy (non-hydrogen) atoms. The summed E-state index contributed by atoms with van der Waals surface area (Å²) in [6.07, 6.45) is -0.623. The average molecular weight is 253 g/mol. The highest BCUT2D eigenvalue weighted by atomic mass is 16.5. The molecule has 0 radical (unpaired) electrons. The van der Waals surface area contributed by atoms with Crippen LogP contribution in [0.2, 0.25) is 0 Å². The van der Waals surface area contributed by atoms with Crippen LogP contribution in [0.1, 0.15) is 17.2 Å². The Kier molecular flexibility index (Phi) is 3.29. The van der Waals surface area contributed by atoms with Gasteiger partial charge in [-0.3, -0.25) is 0 Å². The molecule has 2 aromatic rings. The first-order valence-corrected chi connectivity index (χ1v) is 6.33. The highest BCUT2D eigenvalue weighted by molar-refractivity contribution is 5.95.